The van der Waals surface area contributed by atoms with Crippen molar-refractivity contribution in [2.24, 2.45) is 0 Å². The average molecular weight is 789 g/mol. The zero-order valence-corrected chi connectivity index (χ0v) is 36.3. The number of allylic oxidation sites excluding steroid dienone is 18. The molecule has 0 fully saturated rings. The van der Waals surface area contributed by atoms with Crippen LogP contribution in [0.25, 0.3) is 0 Å². The fourth-order valence-electron chi connectivity index (χ4n) is 5.49. The fourth-order valence-corrected chi connectivity index (χ4v) is 5.49. The Morgan fingerprint density at radius 3 is 1.35 bits per heavy atom. The highest BCUT2D eigenvalue weighted by Crippen LogP contribution is 2.10. The van der Waals surface area contributed by atoms with Crippen molar-refractivity contribution in [2.45, 2.75) is 181 Å². The van der Waals surface area contributed by atoms with Crippen molar-refractivity contribution in [1.82, 2.24) is 0 Å². The van der Waals surface area contributed by atoms with Gasteiger partial charge in [-0.2, -0.15) is 0 Å². The number of ether oxygens (including phenoxy) is 3. The van der Waals surface area contributed by atoms with Gasteiger partial charge in [0.2, 0.25) is 0 Å². The summed E-state index contributed by atoms with van der Waals surface area (Å²) >= 11 is 0. The summed E-state index contributed by atoms with van der Waals surface area (Å²) in [4.78, 5) is 37.7. The third kappa shape index (κ3) is 43.0. The minimum absolute atomic E-state index is 0.131. The molecule has 0 saturated carbocycles. The molecule has 0 heterocycles. The quantitative estimate of drug-likeness (QED) is 0.0204. The van der Waals surface area contributed by atoms with Crippen LogP contribution in [-0.2, 0) is 28.6 Å². The van der Waals surface area contributed by atoms with Crippen molar-refractivity contribution in [3.63, 3.8) is 0 Å². The van der Waals surface area contributed by atoms with Gasteiger partial charge in [0.15, 0.2) is 6.10 Å². The number of unbranched alkanes of at least 4 members (excludes halogenated alkanes) is 14. The molecule has 1 unspecified atom stereocenters. The van der Waals surface area contributed by atoms with Crippen molar-refractivity contribution in [3.8, 4) is 0 Å². The molecule has 0 spiro atoms. The molecule has 1 atom stereocenters. The van der Waals surface area contributed by atoms with Crippen LogP contribution in [0.5, 0.6) is 0 Å². The molecule has 0 amide bonds. The first-order valence-electron chi connectivity index (χ1n) is 22.5. The van der Waals surface area contributed by atoms with Crippen LogP contribution in [0.15, 0.2) is 109 Å². The van der Waals surface area contributed by atoms with Gasteiger partial charge in [0, 0.05) is 19.3 Å². The average Bonchev–Trinajstić information content (AvgIpc) is 3.21. The number of rotatable bonds is 38. The molecular formula is C51H80O6. The maximum atomic E-state index is 12.7. The van der Waals surface area contributed by atoms with E-state index in [9.17, 15) is 14.4 Å². The second kappa shape index (κ2) is 44.8. The topological polar surface area (TPSA) is 78.9 Å². The molecule has 0 N–H and O–H groups in total. The van der Waals surface area contributed by atoms with Crippen LogP contribution in [0.4, 0.5) is 0 Å². The fraction of sp³-hybridized carbons (Fsp3) is 0.588. The highest BCUT2D eigenvalue weighted by Gasteiger charge is 2.19. The Morgan fingerprint density at radius 1 is 0.386 bits per heavy atom. The van der Waals surface area contributed by atoms with E-state index in [1.54, 1.807) is 0 Å². The molecule has 0 aromatic rings. The minimum Gasteiger partial charge on any atom is -0.462 e. The highest BCUT2D eigenvalue weighted by atomic mass is 16.6. The lowest BCUT2D eigenvalue weighted by atomic mass is 10.1. The van der Waals surface area contributed by atoms with Crippen LogP contribution < -0.4 is 0 Å². The zero-order valence-electron chi connectivity index (χ0n) is 36.3. The third-order valence-electron chi connectivity index (χ3n) is 8.90. The van der Waals surface area contributed by atoms with Gasteiger partial charge >= 0.3 is 17.9 Å². The van der Waals surface area contributed by atoms with Gasteiger partial charge in [-0.05, 0) is 77.0 Å². The molecule has 320 valence electrons. The van der Waals surface area contributed by atoms with Gasteiger partial charge in [-0.3, -0.25) is 14.4 Å². The van der Waals surface area contributed by atoms with E-state index in [1.807, 2.05) is 54.7 Å². The number of carbonyl (C=O) groups is 3. The molecule has 0 aliphatic rings. The lowest BCUT2D eigenvalue weighted by Crippen LogP contribution is -2.30. The summed E-state index contributed by atoms with van der Waals surface area (Å²) in [5.41, 5.74) is 0. The third-order valence-corrected chi connectivity index (χ3v) is 8.90. The van der Waals surface area contributed by atoms with Crippen LogP contribution in [0.2, 0.25) is 0 Å². The Hall–Kier alpha value is -3.93. The van der Waals surface area contributed by atoms with E-state index < -0.39 is 12.1 Å². The van der Waals surface area contributed by atoms with E-state index in [-0.39, 0.29) is 31.6 Å². The molecular weight excluding hydrogens is 709 g/mol. The van der Waals surface area contributed by atoms with Crippen molar-refractivity contribution in [2.75, 3.05) is 13.2 Å². The Bertz CT molecular complexity index is 1230. The van der Waals surface area contributed by atoms with Crippen molar-refractivity contribution >= 4 is 17.9 Å². The standard InChI is InChI=1S/C51H80O6/c1-4-7-10-13-16-19-22-24-25-27-29-32-35-38-41-44-50(53)56-47-48(46-55-49(52)43-40-37-34-31-28-21-18-15-12-9-6-3)57-51(54)45-42-39-36-33-30-26-23-20-17-14-11-8-5-2/h7,10,13,15-16,18-19,21-22,24-30,36,39,48H,4-6,8-9,11-12,14,17,20,23,31-35,37-38,40-47H2,1-3H3/b10-7-,16-13-,18-15-,22-19-,25-24-,28-21-,29-27-,30-26-,39-36-. The Balaban J connectivity index is 4.60. The van der Waals surface area contributed by atoms with E-state index in [2.05, 4.69) is 75.5 Å². The summed E-state index contributed by atoms with van der Waals surface area (Å²) in [6.07, 6.45) is 59.4. The van der Waals surface area contributed by atoms with Gasteiger partial charge in [-0.25, -0.2) is 0 Å². The summed E-state index contributed by atoms with van der Waals surface area (Å²) in [7, 11) is 0. The highest BCUT2D eigenvalue weighted by molar-refractivity contribution is 5.71. The van der Waals surface area contributed by atoms with E-state index in [4.69, 9.17) is 14.2 Å². The monoisotopic (exact) mass is 789 g/mol. The van der Waals surface area contributed by atoms with Crippen LogP contribution in [0.1, 0.15) is 175 Å². The Morgan fingerprint density at radius 2 is 0.807 bits per heavy atom. The minimum atomic E-state index is -0.836. The molecule has 0 rings (SSSR count). The summed E-state index contributed by atoms with van der Waals surface area (Å²) in [6.45, 7) is 6.28. The molecule has 57 heavy (non-hydrogen) atoms. The predicted octanol–water partition coefficient (Wildman–Crippen LogP) is 14.4. The predicted molar refractivity (Wildman–Crippen MR) is 242 cm³/mol. The summed E-state index contributed by atoms with van der Waals surface area (Å²) in [5.74, 6) is -1.08. The van der Waals surface area contributed by atoms with Gasteiger partial charge in [-0.1, -0.05) is 188 Å². The summed E-state index contributed by atoms with van der Waals surface area (Å²) < 4.78 is 16.6. The Labute approximate surface area is 349 Å². The van der Waals surface area contributed by atoms with E-state index >= 15 is 0 Å². The number of carbonyl (C=O) groups excluding carboxylic acids is 3. The Kier molecular flexibility index (Phi) is 41.7. The maximum Gasteiger partial charge on any atom is 0.306 e. The lowest BCUT2D eigenvalue weighted by molar-refractivity contribution is -0.166. The lowest BCUT2D eigenvalue weighted by Gasteiger charge is -2.18. The maximum absolute atomic E-state index is 12.7. The van der Waals surface area contributed by atoms with Crippen LogP contribution in [-0.4, -0.2) is 37.2 Å². The van der Waals surface area contributed by atoms with Gasteiger partial charge in [0.05, 0.1) is 0 Å². The molecule has 6 nitrogen and oxygen atoms in total. The van der Waals surface area contributed by atoms with Gasteiger partial charge < -0.3 is 14.2 Å². The number of hydrogen-bond donors (Lipinski definition) is 0. The summed E-state index contributed by atoms with van der Waals surface area (Å²) in [6, 6.07) is 0. The zero-order chi connectivity index (χ0) is 41.5. The van der Waals surface area contributed by atoms with Crippen LogP contribution in [0, 0.1) is 0 Å². The van der Waals surface area contributed by atoms with Crippen molar-refractivity contribution < 1.29 is 28.6 Å². The van der Waals surface area contributed by atoms with Gasteiger partial charge in [0.25, 0.3) is 0 Å². The SMILES string of the molecule is CC\C=C/C=C\C=C/C=C\C=C/CCCCCC(=O)OCC(COC(=O)CCCCC/C=C\C=C/CCCC)OC(=O)CC/C=C\C/C=C\CCCCCCCC. The molecule has 0 aromatic carbocycles. The smallest absolute Gasteiger partial charge is 0.306 e. The first-order valence-corrected chi connectivity index (χ1v) is 22.5. The van der Waals surface area contributed by atoms with E-state index in [0.29, 0.717) is 19.3 Å². The second-order valence-corrected chi connectivity index (χ2v) is 14.4. The summed E-state index contributed by atoms with van der Waals surface area (Å²) in [5, 5.41) is 0. The van der Waals surface area contributed by atoms with E-state index in [1.165, 1.54) is 51.4 Å². The van der Waals surface area contributed by atoms with Crippen LogP contribution >= 0.6 is 0 Å². The molecule has 0 radical (unpaired) electrons. The van der Waals surface area contributed by atoms with Crippen LogP contribution in [0.3, 0.4) is 0 Å². The first-order chi connectivity index (χ1) is 28.0. The number of hydrogen-bond acceptors (Lipinski definition) is 6. The number of esters is 3. The van der Waals surface area contributed by atoms with Crippen molar-refractivity contribution in [3.05, 3.63) is 109 Å². The molecule has 0 aromatic heterocycles. The molecule has 0 bridgehead atoms. The first kappa shape index (κ1) is 53.1. The van der Waals surface area contributed by atoms with Gasteiger partial charge in [-0.15, -0.1) is 0 Å². The molecule has 6 heteroatoms. The largest absolute Gasteiger partial charge is 0.462 e. The second-order valence-electron chi connectivity index (χ2n) is 14.4. The van der Waals surface area contributed by atoms with Crippen molar-refractivity contribution in [1.29, 1.82) is 0 Å². The molecule has 0 aliphatic heterocycles. The van der Waals surface area contributed by atoms with Gasteiger partial charge in [0.1, 0.15) is 13.2 Å². The van der Waals surface area contributed by atoms with E-state index in [0.717, 1.165) is 77.0 Å². The normalized spacial score (nSPS) is 13.1. The molecule has 0 saturated heterocycles. The molecule has 0 aliphatic carbocycles.